The molecule has 1 aromatic carbocycles. The van der Waals surface area contributed by atoms with E-state index in [4.69, 9.17) is 0 Å². The Balaban J connectivity index is 1.72. The Kier molecular flexibility index (Phi) is 2.82. The van der Waals surface area contributed by atoms with Gasteiger partial charge in [-0.25, -0.2) is 4.98 Å². The van der Waals surface area contributed by atoms with Gasteiger partial charge < -0.3 is 9.88 Å². The molecule has 0 aliphatic heterocycles. The predicted octanol–water partition coefficient (Wildman–Crippen LogP) is 3.43. The quantitative estimate of drug-likeness (QED) is 0.867. The van der Waals surface area contributed by atoms with E-state index in [0.717, 1.165) is 24.1 Å². The number of nitrogens with one attached hydrogen (secondary N) is 1. The summed E-state index contributed by atoms with van der Waals surface area (Å²) in [6.07, 6.45) is 8.04. The van der Waals surface area contributed by atoms with Gasteiger partial charge in [-0.2, -0.15) is 0 Å². The van der Waals surface area contributed by atoms with Gasteiger partial charge in [-0.15, -0.1) is 0 Å². The van der Waals surface area contributed by atoms with Crippen molar-refractivity contribution in [1.82, 2.24) is 9.55 Å². The smallest absolute Gasteiger partial charge is 0.207 e. The number of anilines is 2. The molecule has 0 radical (unpaired) electrons. The van der Waals surface area contributed by atoms with Crippen molar-refractivity contribution >= 4 is 11.6 Å². The Morgan fingerprint density at radius 2 is 2.06 bits per heavy atom. The van der Waals surface area contributed by atoms with Crippen LogP contribution >= 0.6 is 0 Å². The Hall–Kier alpha value is -1.77. The minimum atomic E-state index is 0.848. The summed E-state index contributed by atoms with van der Waals surface area (Å²) in [5, 5.41) is 3.36. The molecule has 1 aromatic heterocycles. The summed E-state index contributed by atoms with van der Waals surface area (Å²) in [6.45, 7) is 1.09. The molecule has 1 saturated carbocycles. The van der Waals surface area contributed by atoms with Crippen LogP contribution in [0.3, 0.4) is 0 Å². The molecule has 1 aliphatic rings. The molecule has 3 nitrogen and oxygen atoms in total. The zero-order valence-corrected chi connectivity index (χ0v) is 9.84. The highest BCUT2D eigenvalue weighted by Gasteiger charge is 2.18. The van der Waals surface area contributed by atoms with Gasteiger partial charge in [-0.3, -0.25) is 0 Å². The molecular formula is C14H17N3. The largest absolute Gasteiger partial charge is 0.326 e. The van der Waals surface area contributed by atoms with Crippen molar-refractivity contribution in [3.63, 3.8) is 0 Å². The predicted molar refractivity (Wildman–Crippen MR) is 69.3 cm³/mol. The molecule has 1 N–H and O–H groups in total. The average Bonchev–Trinajstić information content (AvgIpc) is 2.72. The molecule has 3 heteroatoms. The molecule has 2 aromatic rings. The lowest BCUT2D eigenvalue weighted by molar-refractivity contribution is 0.278. The number of nitrogens with zero attached hydrogens (tertiary/aromatic N) is 2. The highest BCUT2D eigenvalue weighted by atomic mass is 15.2. The molecule has 0 saturated heterocycles. The molecule has 0 spiro atoms. The van der Waals surface area contributed by atoms with E-state index in [1.54, 1.807) is 0 Å². The van der Waals surface area contributed by atoms with Crippen molar-refractivity contribution < 1.29 is 0 Å². The monoisotopic (exact) mass is 227 g/mol. The van der Waals surface area contributed by atoms with Crippen LogP contribution in [0.5, 0.6) is 0 Å². The van der Waals surface area contributed by atoms with Gasteiger partial charge in [0.25, 0.3) is 0 Å². The fourth-order valence-electron chi connectivity index (χ4n) is 2.18. The molecule has 1 aliphatic carbocycles. The Morgan fingerprint density at radius 1 is 1.24 bits per heavy atom. The van der Waals surface area contributed by atoms with Crippen molar-refractivity contribution in [3.8, 4) is 0 Å². The topological polar surface area (TPSA) is 29.9 Å². The fourth-order valence-corrected chi connectivity index (χ4v) is 2.18. The highest BCUT2D eigenvalue weighted by Crippen LogP contribution is 2.29. The normalized spacial score (nSPS) is 15.5. The summed E-state index contributed by atoms with van der Waals surface area (Å²) < 4.78 is 2.22. The van der Waals surface area contributed by atoms with Gasteiger partial charge in [-0.1, -0.05) is 24.6 Å². The Labute approximate surface area is 101 Å². The minimum Gasteiger partial charge on any atom is -0.326 e. The molecule has 0 bridgehead atoms. The molecule has 1 fully saturated rings. The molecule has 1 heterocycles. The van der Waals surface area contributed by atoms with Crippen LogP contribution in [0.2, 0.25) is 0 Å². The summed E-state index contributed by atoms with van der Waals surface area (Å²) in [4.78, 5) is 4.37. The minimum absolute atomic E-state index is 0.848. The standard InChI is InChI=1S/C14H17N3/c1-2-7-13(8-3-1)16-14-15-9-10-17(14)11-12-5-4-6-12/h1-3,7-10,12H,4-6,11H2,(H,15,16). The van der Waals surface area contributed by atoms with Crippen LogP contribution < -0.4 is 5.32 Å². The molecule has 88 valence electrons. The lowest BCUT2D eigenvalue weighted by Gasteiger charge is -2.26. The number of hydrogen-bond donors (Lipinski definition) is 1. The van der Waals surface area contributed by atoms with Crippen LogP contribution in [-0.2, 0) is 6.54 Å². The van der Waals surface area contributed by atoms with E-state index in [2.05, 4.69) is 33.2 Å². The third-order valence-electron chi connectivity index (χ3n) is 3.43. The van der Waals surface area contributed by atoms with Gasteiger partial charge in [0.05, 0.1) is 0 Å². The molecule has 0 atom stereocenters. The number of imidazole rings is 1. The molecule has 0 amide bonds. The first-order valence-electron chi connectivity index (χ1n) is 6.25. The van der Waals surface area contributed by atoms with E-state index in [0.29, 0.717) is 0 Å². The number of hydrogen-bond acceptors (Lipinski definition) is 2. The van der Waals surface area contributed by atoms with Crippen molar-refractivity contribution in [2.45, 2.75) is 25.8 Å². The van der Waals surface area contributed by atoms with E-state index in [1.165, 1.54) is 19.3 Å². The summed E-state index contributed by atoms with van der Waals surface area (Å²) >= 11 is 0. The number of aromatic nitrogens is 2. The molecule has 3 rings (SSSR count). The maximum atomic E-state index is 4.37. The Bertz CT molecular complexity index is 471. The van der Waals surface area contributed by atoms with Crippen molar-refractivity contribution in [1.29, 1.82) is 0 Å². The summed E-state index contributed by atoms with van der Waals surface area (Å²) in [5.41, 5.74) is 1.09. The molecular weight excluding hydrogens is 210 g/mol. The zero-order chi connectivity index (χ0) is 11.5. The van der Waals surface area contributed by atoms with Gasteiger partial charge >= 0.3 is 0 Å². The first-order chi connectivity index (χ1) is 8.42. The lowest BCUT2D eigenvalue weighted by atomic mass is 9.85. The van der Waals surface area contributed by atoms with Gasteiger partial charge in [-0.05, 0) is 30.9 Å². The van der Waals surface area contributed by atoms with E-state index in [1.807, 2.05) is 24.4 Å². The summed E-state index contributed by atoms with van der Waals surface area (Å²) in [7, 11) is 0. The van der Waals surface area contributed by atoms with Crippen molar-refractivity contribution in [2.24, 2.45) is 5.92 Å². The van der Waals surface area contributed by atoms with Crippen molar-refractivity contribution in [2.75, 3.05) is 5.32 Å². The maximum Gasteiger partial charge on any atom is 0.207 e. The van der Waals surface area contributed by atoms with E-state index < -0.39 is 0 Å². The van der Waals surface area contributed by atoms with Crippen LogP contribution in [0, 0.1) is 5.92 Å². The average molecular weight is 227 g/mol. The van der Waals surface area contributed by atoms with Crippen LogP contribution in [0.25, 0.3) is 0 Å². The lowest BCUT2D eigenvalue weighted by Crippen LogP contribution is -2.18. The summed E-state index contributed by atoms with van der Waals surface area (Å²) in [6, 6.07) is 10.2. The second-order valence-electron chi connectivity index (χ2n) is 4.69. The third kappa shape index (κ3) is 2.33. The van der Waals surface area contributed by atoms with Crippen LogP contribution in [0.15, 0.2) is 42.7 Å². The molecule has 0 unspecified atom stereocenters. The first-order valence-corrected chi connectivity index (χ1v) is 6.25. The first kappa shape index (κ1) is 10.4. The van der Waals surface area contributed by atoms with Gasteiger partial charge in [0, 0.05) is 24.6 Å². The zero-order valence-electron chi connectivity index (χ0n) is 9.84. The van der Waals surface area contributed by atoms with Crippen LogP contribution in [-0.4, -0.2) is 9.55 Å². The highest BCUT2D eigenvalue weighted by molar-refractivity contribution is 5.52. The van der Waals surface area contributed by atoms with E-state index >= 15 is 0 Å². The SMILES string of the molecule is c1ccc(Nc2nccn2CC2CCC2)cc1. The molecule has 17 heavy (non-hydrogen) atoms. The fraction of sp³-hybridized carbons (Fsp3) is 0.357. The van der Waals surface area contributed by atoms with Gasteiger partial charge in [0.1, 0.15) is 0 Å². The number of benzene rings is 1. The number of para-hydroxylation sites is 1. The van der Waals surface area contributed by atoms with Crippen molar-refractivity contribution in [3.05, 3.63) is 42.7 Å². The Morgan fingerprint density at radius 3 is 2.76 bits per heavy atom. The van der Waals surface area contributed by atoms with Crippen LogP contribution in [0.4, 0.5) is 11.6 Å². The third-order valence-corrected chi connectivity index (χ3v) is 3.43. The second kappa shape index (κ2) is 4.62. The van der Waals surface area contributed by atoms with Gasteiger partial charge in [0.15, 0.2) is 0 Å². The van der Waals surface area contributed by atoms with Gasteiger partial charge in [0.2, 0.25) is 5.95 Å². The number of rotatable bonds is 4. The van der Waals surface area contributed by atoms with Crippen LogP contribution in [0.1, 0.15) is 19.3 Å². The van der Waals surface area contributed by atoms with E-state index in [-0.39, 0.29) is 0 Å². The van der Waals surface area contributed by atoms with E-state index in [9.17, 15) is 0 Å². The summed E-state index contributed by atoms with van der Waals surface area (Å²) in [5.74, 6) is 1.80. The maximum absolute atomic E-state index is 4.37. The second-order valence-corrected chi connectivity index (χ2v) is 4.69.